The summed E-state index contributed by atoms with van der Waals surface area (Å²) in [6.45, 7) is 20.7. The van der Waals surface area contributed by atoms with Gasteiger partial charge >= 0.3 is 0 Å². The predicted molar refractivity (Wildman–Crippen MR) is 368 cm³/mol. The zero-order chi connectivity index (χ0) is 57.1. The summed E-state index contributed by atoms with van der Waals surface area (Å²) in [6, 6.07) is 86.5. The molecule has 2 aliphatic heterocycles. The van der Waals surface area contributed by atoms with Gasteiger partial charge in [0.25, 0.3) is 6.71 Å². The zero-order valence-electron chi connectivity index (χ0n) is 49.1. The van der Waals surface area contributed by atoms with Crippen molar-refractivity contribution in [2.45, 2.75) is 78.6 Å². The van der Waals surface area contributed by atoms with Crippen molar-refractivity contribution in [3.8, 4) is 27.9 Å². The summed E-state index contributed by atoms with van der Waals surface area (Å²) >= 11 is 3.77. The van der Waals surface area contributed by atoms with Crippen LogP contribution in [0.3, 0.4) is 0 Å². The topological polar surface area (TPSA) is 11.4 Å². The number of anilines is 6. The Kier molecular flexibility index (Phi) is 11.2. The van der Waals surface area contributed by atoms with Crippen LogP contribution in [0, 0.1) is 0 Å². The van der Waals surface area contributed by atoms with Crippen LogP contribution in [-0.4, -0.2) is 11.3 Å². The lowest BCUT2D eigenvalue weighted by atomic mass is 9.33. The van der Waals surface area contributed by atoms with E-state index in [4.69, 9.17) is 0 Å². The van der Waals surface area contributed by atoms with Crippen molar-refractivity contribution in [1.82, 2.24) is 4.57 Å². The first-order valence-corrected chi connectivity index (χ1v) is 31.3. The highest BCUT2D eigenvalue weighted by Crippen LogP contribution is 2.52. The highest BCUT2D eigenvalue weighted by molar-refractivity contribution is 7.26. The smallest absolute Gasteiger partial charge is 0.252 e. The molecule has 0 spiro atoms. The van der Waals surface area contributed by atoms with E-state index in [-0.39, 0.29) is 23.0 Å². The van der Waals surface area contributed by atoms with Gasteiger partial charge in [-0.05, 0) is 169 Å². The van der Waals surface area contributed by atoms with Crippen LogP contribution in [-0.2, 0) is 16.2 Å². The average molecular weight is 1120 g/mol. The number of hydrogen-bond acceptors (Lipinski definition) is 4. The molecule has 0 saturated carbocycles. The molecule has 406 valence electrons. The first-order valence-electron chi connectivity index (χ1n) is 29.7. The van der Waals surface area contributed by atoms with Gasteiger partial charge in [-0.3, -0.25) is 0 Å². The maximum Gasteiger partial charge on any atom is 0.252 e. The molecule has 5 heterocycles. The van der Waals surface area contributed by atoms with Crippen molar-refractivity contribution >= 4 is 142 Å². The van der Waals surface area contributed by atoms with Crippen molar-refractivity contribution < 1.29 is 0 Å². The van der Waals surface area contributed by atoms with Gasteiger partial charge in [-0.25, -0.2) is 0 Å². The second kappa shape index (κ2) is 18.4. The van der Waals surface area contributed by atoms with E-state index in [0.29, 0.717) is 0 Å². The Morgan fingerprint density at radius 3 is 1.30 bits per heavy atom. The van der Waals surface area contributed by atoms with Crippen LogP contribution in [0.4, 0.5) is 34.1 Å². The number of nitrogens with zero attached hydrogens (tertiary/aromatic N) is 3. The fourth-order valence-corrected chi connectivity index (χ4v) is 16.2. The lowest BCUT2D eigenvalue weighted by molar-refractivity contribution is 0.590. The van der Waals surface area contributed by atoms with Crippen LogP contribution in [0.15, 0.2) is 224 Å². The van der Waals surface area contributed by atoms with Crippen LogP contribution in [0.25, 0.3) is 90.1 Å². The van der Waals surface area contributed by atoms with E-state index < -0.39 is 0 Å². The van der Waals surface area contributed by atoms with Crippen molar-refractivity contribution in [1.29, 1.82) is 0 Å². The van der Waals surface area contributed by atoms with Gasteiger partial charge in [0.2, 0.25) is 0 Å². The minimum absolute atomic E-state index is 0.0139. The Hall–Kier alpha value is -8.68. The van der Waals surface area contributed by atoms with E-state index >= 15 is 0 Å². The third-order valence-electron chi connectivity index (χ3n) is 18.2. The number of hydrogen-bond donors (Lipinski definition) is 0. The van der Waals surface area contributed by atoms with E-state index in [1.807, 2.05) is 22.7 Å². The predicted octanol–water partition coefficient (Wildman–Crippen LogP) is 20.8. The maximum atomic E-state index is 2.66. The highest BCUT2D eigenvalue weighted by atomic mass is 32.1. The molecule has 0 fully saturated rings. The lowest BCUT2D eigenvalue weighted by Gasteiger charge is -2.45. The van der Waals surface area contributed by atoms with Gasteiger partial charge in [0, 0.05) is 79.6 Å². The Labute approximate surface area is 500 Å². The molecule has 6 heteroatoms. The van der Waals surface area contributed by atoms with Crippen molar-refractivity contribution in [2.24, 2.45) is 0 Å². The van der Waals surface area contributed by atoms with Crippen LogP contribution in [0.2, 0.25) is 0 Å². The first kappa shape index (κ1) is 51.0. The summed E-state index contributed by atoms with van der Waals surface area (Å²) in [6.07, 6.45) is 0. The molecule has 84 heavy (non-hydrogen) atoms. The minimum atomic E-state index is -0.154. The molecule has 0 radical (unpaired) electrons. The van der Waals surface area contributed by atoms with E-state index in [1.165, 1.54) is 152 Å². The van der Waals surface area contributed by atoms with Crippen molar-refractivity contribution in [3.63, 3.8) is 0 Å². The van der Waals surface area contributed by atoms with E-state index in [0.717, 1.165) is 5.69 Å². The van der Waals surface area contributed by atoms with Gasteiger partial charge in [-0.2, -0.15) is 0 Å². The fraction of sp³-hybridized carbons (Fsp3) is 0.154. The molecule has 0 saturated heterocycles. The fourth-order valence-electron chi connectivity index (χ4n) is 13.9. The molecule has 2 aliphatic rings. The van der Waals surface area contributed by atoms with Gasteiger partial charge in [-0.15, -0.1) is 22.7 Å². The molecule has 11 aromatic carbocycles. The largest absolute Gasteiger partial charge is 0.311 e. The Morgan fingerprint density at radius 2 is 0.762 bits per heavy atom. The quantitative estimate of drug-likeness (QED) is 0.159. The number of thiophene rings is 2. The first-order chi connectivity index (χ1) is 40.5. The number of fused-ring (bicyclic) bond motifs is 13. The third kappa shape index (κ3) is 7.83. The molecule has 0 unspecified atom stereocenters. The van der Waals surface area contributed by atoms with Crippen LogP contribution < -0.4 is 26.2 Å². The van der Waals surface area contributed by atoms with Crippen molar-refractivity contribution in [2.75, 3.05) is 9.80 Å². The molecular weight excluding hydrogens is 1050 g/mol. The molecule has 3 aromatic heterocycles. The average Bonchev–Trinajstić information content (AvgIpc) is 0.833. The SMILES string of the molecule is CC(C)(C)c1ccc(-c2cc3c4c(c2)N(c2cccc5sc6ccccc6c25)c2ccc(-n5c6ccc(C(C)(C)C)cc6c6cc(C(C)(C)C)ccc65)cc2B4c2cc(-c4ccccc4)ccc2N3c2cccc3sc4ccccc4c23)cc1. The van der Waals surface area contributed by atoms with E-state index in [9.17, 15) is 0 Å². The summed E-state index contributed by atoms with van der Waals surface area (Å²) < 4.78 is 7.70. The molecule has 16 rings (SSSR count). The van der Waals surface area contributed by atoms with E-state index in [1.54, 1.807) is 0 Å². The van der Waals surface area contributed by atoms with Gasteiger partial charge in [0.1, 0.15) is 0 Å². The summed E-state index contributed by atoms with van der Waals surface area (Å²) in [4.78, 5) is 5.30. The summed E-state index contributed by atoms with van der Waals surface area (Å²) in [5.41, 5.74) is 23.3. The van der Waals surface area contributed by atoms with Gasteiger partial charge in [0.05, 0.1) is 22.4 Å². The van der Waals surface area contributed by atoms with Gasteiger partial charge in [-0.1, -0.05) is 190 Å². The molecule has 3 nitrogen and oxygen atoms in total. The van der Waals surface area contributed by atoms with Gasteiger partial charge in [0.15, 0.2) is 0 Å². The summed E-state index contributed by atoms with van der Waals surface area (Å²) in [5.74, 6) is 0. The molecule has 0 amide bonds. The van der Waals surface area contributed by atoms with Crippen LogP contribution >= 0.6 is 22.7 Å². The second-order valence-electron chi connectivity index (χ2n) is 26.5. The Morgan fingerprint density at radius 1 is 0.310 bits per heavy atom. The Balaban J connectivity index is 1.05. The molecule has 0 aliphatic carbocycles. The van der Waals surface area contributed by atoms with Crippen LogP contribution in [0.5, 0.6) is 0 Å². The highest BCUT2D eigenvalue weighted by Gasteiger charge is 2.45. The molecule has 14 aromatic rings. The number of rotatable bonds is 5. The monoisotopic (exact) mass is 1120 g/mol. The zero-order valence-corrected chi connectivity index (χ0v) is 50.7. The Bertz CT molecular complexity index is 4950. The molecule has 0 N–H and O–H groups in total. The van der Waals surface area contributed by atoms with Gasteiger partial charge < -0.3 is 14.4 Å². The number of benzene rings is 11. The molecule has 0 atom stereocenters. The van der Waals surface area contributed by atoms with Crippen LogP contribution in [0.1, 0.15) is 79.0 Å². The number of aromatic nitrogens is 1. The summed E-state index contributed by atoms with van der Waals surface area (Å²) in [5, 5.41) is 7.70. The third-order valence-corrected chi connectivity index (χ3v) is 20.5. The maximum absolute atomic E-state index is 2.66. The summed E-state index contributed by atoms with van der Waals surface area (Å²) in [7, 11) is 0. The standard InChI is InChI=1S/C78H64BN3S2/c1-76(2,3)51-32-29-48(30-33-51)50-42-67-75-68(43-50)82(66-24-18-28-72-74(66)56-22-14-16-26-70(56)84-72)64-40-36-54(80-61-38-34-52(77(4,5)6)44-57(61)58-45-53(78(7,8)9)35-39-62(58)80)46-60(64)79(75)59-41-49(47-19-11-10-12-20-47)31-37-63(59)81(67)65-23-17-27-71-73(65)55-21-13-15-25-69(55)83-71/h10-46H,1-9H3. The lowest BCUT2D eigenvalue weighted by Crippen LogP contribution is -2.61. The van der Waals surface area contributed by atoms with E-state index in [2.05, 4.69) is 301 Å². The molecular formula is C78H64BN3S2. The minimum Gasteiger partial charge on any atom is -0.311 e. The second-order valence-corrected chi connectivity index (χ2v) is 28.7. The normalized spacial score (nSPS) is 13.5. The molecule has 0 bridgehead atoms. The van der Waals surface area contributed by atoms with Crippen molar-refractivity contribution in [3.05, 3.63) is 241 Å².